The zero-order valence-electron chi connectivity index (χ0n) is 22.1. The number of benzene rings is 2. The summed E-state index contributed by atoms with van der Waals surface area (Å²) in [6.45, 7) is 9.15. The van der Waals surface area contributed by atoms with Gasteiger partial charge in [0.25, 0.3) is 0 Å². The predicted octanol–water partition coefficient (Wildman–Crippen LogP) is 5.33. The van der Waals surface area contributed by atoms with Gasteiger partial charge in [0.05, 0.1) is 12.3 Å². The van der Waals surface area contributed by atoms with Gasteiger partial charge in [-0.3, -0.25) is 0 Å². The lowest BCUT2D eigenvalue weighted by molar-refractivity contribution is -0.0430. The van der Waals surface area contributed by atoms with Crippen molar-refractivity contribution in [1.29, 1.82) is 0 Å². The van der Waals surface area contributed by atoms with E-state index in [1.807, 2.05) is 31.2 Å². The van der Waals surface area contributed by atoms with Crippen LogP contribution in [0.2, 0.25) is 0 Å². The van der Waals surface area contributed by atoms with Crippen molar-refractivity contribution in [2.75, 3.05) is 57.9 Å². The summed E-state index contributed by atoms with van der Waals surface area (Å²) in [4.78, 5) is 13.7. The van der Waals surface area contributed by atoms with Crippen molar-refractivity contribution in [3.8, 4) is 22.6 Å². The third-order valence-corrected chi connectivity index (χ3v) is 8.19. The van der Waals surface area contributed by atoms with Crippen molar-refractivity contribution in [1.82, 2.24) is 14.9 Å². The van der Waals surface area contributed by atoms with E-state index in [4.69, 9.17) is 14.2 Å². The largest absolute Gasteiger partial charge is 0.451 e. The van der Waals surface area contributed by atoms with Gasteiger partial charge in [0, 0.05) is 64.0 Å². The van der Waals surface area contributed by atoms with Gasteiger partial charge >= 0.3 is 0 Å². The molecular weight excluding hydrogens is 483 g/mol. The van der Waals surface area contributed by atoms with Crippen LogP contribution in [0.5, 0.6) is 11.5 Å². The Morgan fingerprint density at radius 2 is 1.84 bits per heavy atom. The molecule has 0 N–H and O–H groups in total. The molecule has 0 bridgehead atoms. The molecule has 38 heavy (non-hydrogen) atoms. The fourth-order valence-corrected chi connectivity index (χ4v) is 6.20. The Morgan fingerprint density at radius 3 is 2.63 bits per heavy atom. The first kappa shape index (κ1) is 25.2. The van der Waals surface area contributed by atoms with Crippen LogP contribution >= 0.6 is 0 Å². The van der Waals surface area contributed by atoms with Crippen LogP contribution in [0, 0.1) is 17.2 Å². The number of rotatable bonds is 8. The van der Waals surface area contributed by atoms with Crippen molar-refractivity contribution in [3.05, 3.63) is 66.4 Å². The van der Waals surface area contributed by atoms with E-state index in [-0.39, 0.29) is 11.9 Å². The third kappa shape index (κ3) is 5.00. The first-order valence-electron chi connectivity index (χ1n) is 13.5. The minimum absolute atomic E-state index is 0.149. The molecule has 0 radical (unpaired) electrons. The van der Waals surface area contributed by atoms with Crippen molar-refractivity contribution in [3.63, 3.8) is 0 Å². The molecule has 3 aliphatic heterocycles. The molecule has 1 spiro atoms. The van der Waals surface area contributed by atoms with E-state index in [2.05, 4.69) is 19.8 Å². The number of anilines is 1. The minimum atomic E-state index is -0.322. The lowest BCUT2D eigenvalue weighted by atomic mass is 9.72. The Kier molecular flexibility index (Phi) is 7.03. The summed E-state index contributed by atoms with van der Waals surface area (Å²) in [7, 11) is 1.67. The van der Waals surface area contributed by atoms with E-state index < -0.39 is 0 Å². The SMILES string of the molecule is COC(C)c1ccccc1-c1cc(F)ccc1Oc1cncnc1N1CC2(CN(CC3CCOCC3)C2)C1. The molecule has 8 heteroatoms. The average molecular weight is 519 g/mol. The van der Waals surface area contributed by atoms with Crippen molar-refractivity contribution in [2.24, 2.45) is 11.3 Å². The van der Waals surface area contributed by atoms with Crippen molar-refractivity contribution < 1.29 is 18.6 Å². The second-order valence-corrected chi connectivity index (χ2v) is 11.0. The van der Waals surface area contributed by atoms with Crippen LogP contribution in [-0.4, -0.2) is 67.9 Å². The molecule has 3 saturated heterocycles. The summed E-state index contributed by atoms with van der Waals surface area (Å²) >= 11 is 0. The second-order valence-electron chi connectivity index (χ2n) is 11.0. The zero-order chi connectivity index (χ0) is 26.1. The molecule has 1 unspecified atom stereocenters. The summed E-state index contributed by atoms with van der Waals surface area (Å²) in [5.74, 6) is 2.35. The third-order valence-electron chi connectivity index (χ3n) is 8.19. The maximum atomic E-state index is 14.4. The molecule has 6 rings (SSSR count). The van der Waals surface area contributed by atoms with Crippen LogP contribution < -0.4 is 9.64 Å². The normalized spacial score (nSPS) is 20.1. The number of halogens is 1. The Bertz CT molecular complexity index is 1270. The van der Waals surface area contributed by atoms with Gasteiger partial charge in [-0.05, 0) is 55.0 Å². The smallest absolute Gasteiger partial charge is 0.188 e. The van der Waals surface area contributed by atoms with Gasteiger partial charge in [-0.25, -0.2) is 14.4 Å². The number of aromatic nitrogens is 2. The number of nitrogens with zero attached hydrogens (tertiary/aromatic N) is 4. The monoisotopic (exact) mass is 518 g/mol. The lowest BCUT2D eigenvalue weighted by Gasteiger charge is -2.61. The molecule has 2 aromatic carbocycles. The quantitative estimate of drug-likeness (QED) is 0.399. The molecule has 4 heterocycles. The average Bonchev–Trinajstić information content (AvgIpc) is 2.91. The highest BCUT2D eigenvalue weighted by Gasteiger charge is 2.52. The molecule has 3 aromatic rings. The van der Waals surface area contributed by atoms with Crippen LogP contribution in [0.15, 0.2) is 55.0 Å². The highest BCUT2D eigenvalue weighted by atomic mass is 19.1. The van der Waals surface area contributed by atoms with Crippen LogP contribution in [0.1, 0.15) is 31.4 Å². The highest BCUT2D eigenvalue weighted by Crippen LogP contribution is 2.45. The van der Waals surface area contributed by atoms with Crippen LogP contribution in [0.25, 0.3) is 11.1 Å². The molecule has 3 aliphatic rings. The maximum absolute atomic E-state index is 14.4. The summed E-state index contributed by atoms with van der Waals surface area (Å²) in [6.07, 6.45) is 5.47. The van der Waals surface area contributed by atoms with E-state index in [1.165, 1.54) is 31.5 Å². The standard InChI is InChI=1S/C30H35FN4O3/c1-21(36-2)24-5-3-4-6-25(24)26-13-23(31)7-8-27(26)38-28-14-32-20-33-29(28)35-18-30(19-35)16-34(17-30)15-22-9-11-37-12-10-22/h3-8,13-14,20-22H,9-12,15-19H2,1-2H3. The maximum Gasteiger partial charge on any atom is 0.188 e. The van der Waals surface area contributed by atoms with E-state index in [0.29, 0.717) is 22.5 Å². The molecule has 7 nitrogen and oxygen atoms in total. The lowest BCUT2D eigenvalue weighted by Crippen LogP contribution is -2.72. The minimum Gasteiger partial charge on any atom is -0.451 e. The number of methoxy groups -OCH3 is 1. The molecule has 0 amide bonds. The first-order chi connectivity index (χ1) is 18.5. The first-order valence-corrected chi connectivity index (χ1v) is 13.5. The Hall–Kier alpha value is -3.07. The van der Waals surface area contributed by atoms with Crippen LogP contribution in [-0.2, 0) is 9.47 Å². The summed E-state index contributed by atoms with van der Waals surface area (Å²) < 4.78 is 31.9. The van der Waals surface area contributed by atoms with E-state index in [9.17, 15) is 4.39 Å². The molecule has 0 aliphatic carbocycles. The van der Waals surface area contributed by atoms with Crippen LogP contribution in [0.3, 0.4) is 0 Å². The zero-order valence-corrected chi connectivity index (χ0v) is 22.1. The summed E-state index contributed by atoms with van der Waals surface area (Å²) in [5, 5.41) is 0. The molecule has 1 aromatic heterocycles. The van der Waals surface area contributed by atoms with E-state index in [0.717, 1.165) is 62.3 Å². The number of hydrogen-bond acceptors (Lipinski definition) is 7. The Balaban J connectivity index is 1.18. The predicted molar refractivity (Wildman–Crippen MR) is 144 cm³/mol. The summed E-state index contributed by atoms with van der Waals surface area (Å²) in [5.41, 5.74) is 2.85. The van der Waals surface area contributed by atoms with Gasteiger partial charge in [-0.1, -0.05) is 24.3 Å². The Morgan fingerprint density at radius 1 is 1.05 bits per heavy atom. The Labute approximate surface area is 223 Å². The van der Waals surface area contributed by atoms with Gasteiger partial charge in [0.1, 0.15) is 17.9 Å². The van der Waals surface area contributed by atoms with Gasteiger partial charge in [0.2, 0.25) is 0 Å². The van der Waals surface area contributed by atoms with Gasteiger partial charge in [0.15, 0.2) is 11.6 Å². The molecule has 0 saturated carbocycles. The van der Waals surface area contributed by atoms with E-state index in [1.54, 1.807) is 25.7 Å². The van der Waals surface area contributed by atoms with Crippen molar-refractivity contribution >= 4 is 5.82 Å². The van der Waals surface area contributed by atoms with Crippen molar-refractivity contribution in [2.45, 2.75) is 25.9 Å². The topological polar surface area (TPSA) is 60.0 Å². The van der Waals surface area contributed by atoms with Gasteiger partial charge in [-0.2, -0.15) is 0 Å². The molecular formula is C30H35FN4O3. The number of likely N-dealkylation sites (tertiary alicyclic amines) is 1. The number of ether oxygens (including phenoxy) is 3. The fourth-order valence-electron chi connectivity index (χ4n) is 6.20. The van der Waals surface area contributed by atoms with Gasteiger partial charge < -0.3 is 24.0 Å². The van der Waals surface area contributed by atoms with Crippen LogP contribution in [0.4, 0.5) is 10.2 Å². The molecule has 3 fully saturated rings. The highest BCUT2D eigenvalue weighted by molar-refractivity contribution is 5.74. The number of hydrogen-bond donors (Lipinski definition) is 0. The molecule has 200 valence electrons. The van der Waals surface area contributed by atoms with Gasteiger partial charge in [-0.15, -0.1) is 0 Å². The fraction of sp³-hybridized carbons (Fsp3) is 0.467. The van der Waals surface area contributed by atoms with E-state index >= 15 is 0 Å². The summed E-state index contributed by atoms with van der Waals surface area (Å²) in [6, 6.07) is 12.5. The second kappa shape index (κ2) is 10.6. The molecule has 1 atom stereocenters.